The number of amides is 1. The van der Waals surface area contributed by atoms with Gasteiger partial charge in [0.2, 0.25) is 0 Å². The number of aromatic amines is 1. The third-order valence-electron chi connectivity index (χ3n) is 4.87. The molecule has 7 nitrogen and oxygen atoms in total. The van der Waals surface area contributed by atoms with Gasteiger partial charge in [-0.05, 0) is 24.6 Å². The molecule has 3 N–H and O–H groups in total. The van der Waals surface area contributed by atoms with Gasteiger partial charge >= 0.3 is 0 Å². The van der Waals surface area contributed by atoms with E-state index in [1.54, 1.807) is 19.1 Å². The fraction of sp³-hybridized carbons (Fsp3) is 0.0400. The Balaban J connectivity index is 1.63. The number of aryl methyl sites for hydroxylation is 1. The molecule has 0 bridgehead atoms. The summed E-state index contributed by atoms with van der Waals surface area (Å²) < 4.78 is 0. The van der Waals surface area contributed by atoms with Crippen molar-refractivity contribution in [1.82, 2.24) is 15.4 Å². The van der Waals surface area contributed by atoms with Gasteiger partial charge in [-0.1, -0.05) is 66.7 Å². The number of carbonyl (C=O) groups is 1. The molecule has 4 aromatic rings. The van der Waals surface area contributed by atoms with Crippen LogP contribution in [-0.2, 0) is 0 Å². The van der Waals surface area contributed by atoms with Crippen molar-refractivity contribution in [2.45, 2.75) is 6.92 Å². The maximum Gasteiger partial charge on any atom is 0.291 e. The summed E-state index contributed by atoms with van der Waals surface area (Å²) in [5.74, 6) is -1.07. The molecule has 0 saturated carbocycles. The fourth-order valence-electron chi connectivity index (χ4n) is 3.35. The second-order valence-corrected chi connectivity index (χ2v) is 7.05. The van der Waals surface area contributed by atoms with Crippen LogP contribution in [0.3, 0.4) is 0 Å². The van der Waals surface area contributed by atoms with Gasteiger partial charge < -0.3 is 10.1 Å². The van der Waals surface area contributed by atoms with Gasteiger partial charge in [0.05, 0.1) is 16.8 Å². The highest BCUT2D eigenvalue weighted by atomic mass is 16.3. The summed E-state index contributed by atoms with van der Waals surface area (Å²) in [6.45, 7) is 1.69. The van der Waals surface area contributed by atoms with Crippen molar-refractivity contribution in [2.75, 3.05) is 0 Å². The molecule has 0 aliphatic rings. The summed E-state index contributed by atoms with van der Waals surface area (Å²) in [4.78, 5) is 32.1. The van der Waals surface area contributed by atoms with E-state index < -0.39 is 11.5 Å². The van der Waals surface area contributed by atoms with Crippen molar-refractivity contribution in [1.29, 1.82) is 0 Å². The molecule has 1 amide bonds. The number of rotatable bonds is 5. The van der Waals surface area contributed by atoms with Crippen LogP contribution in [0.5, 0.6) is 5.75 Å². The summed E-state index contributed by atoms with van der Waals surface area (Å²) >= 11 is 0. The largest absolute Gasteiger partial charge is 0.505 e. The van der Waals surface area contributed by atoms with Crippen molar-refractivity contribution in [3.05, 3.63) is 100 Å². The minimum atomic E-state index is -0.735. The number of hydrogen-bond donors (Lipinski definition) is 3. The number of fused-ring (bicyclic) bond motifs is 1. The summed E-state index contributed by atoms with van der Waals surface area (Å²) in [6.07, 6.45) is 4.90. The van der Waals surface area contributed by atoms with Crippen LogP contribution >= 0.6 is 0 Å². The van der Waals surface area contributed by atoms with Gasteiger partial charge in [0.15, 0.2) is 11.4 Å². The van der Waals surface area contributed by atoms with E-state index in [-0.39, 0.29) is 22.2 Å². The van der Waals surface area contributed by atoms with Gasteiger partial charge in [-0.3, -0.25) is 14.6 Å². The Morgan fingerprint density at radius 1 is 1.09 bits per heavy atom. The highest BCUT2D eigenvalue weighted by Crippen LogP contribution is 2.30. The Morgan fingerprint density at radius 2 is 1.78 bits per heavy atom. The molecular formula is C25H20N4O3. The molecule has 0 unspecified atom stereocenters. The predicted octanol–water partition coefficient (Wildman–Crippen LogP) is 4.03. The van der Waals surface area contributed by atoms with Crippen molar-refractivity contribution >= 4 is 29.0 Å². The second kappa shape index (κ2) is 9.09. The van der Waals surface area contributed by atoms with Crippen LogP contribution in [0.1, 0.15) is 21.7 Å². The standard InChI is InChI=1S/C25H20N4O3/c1-16-21-19(15-20(27-16)18-12-6-3-7-13-18)23(30)22(28-24(21)31)25(32)29-26-14-8-11-17-9-4-2-5-10-17/h2-15,30H,1H3,(H,28,31)(H,29,32)/b11-8+,26-14+. The third kappa shape index (κ3) is 4.32. The SMILES string of the molecule is Cc1nc(-c2ccccc2)cc2c(O)c(C(=O)N/N=C/C=C/c3ccccc3)[nH]c(=O)c12. The van der Waals surface area contributed by atoms with Crippen molar-refractivity contribution in [3.8, 4) is 17.0 Å². The van der Waals surface area contributed by atoms with E-state index in [4.69, 9.17) is 0 Å². The van der Waals surface area contributed by atoms with E-state index >= 15 is 0 Å². The summed E-state index contributed by atoms with van der Waals surface area (Å²) in [5.41, 5.74) is 4.39. The van der Waals surface area contributed by atoms with Crippen LogP contribution in [-0.4, -0.2) is 27.2 Å². The average molecular weight is 424 g/mol. The average Bonchev–Trinajstić information content (AvgIpc) is 2.81. The zero-order valence-corrected chi connectivity index (χ0v) is 17.2. The molecule has 0 radical (unpaired) electrons. The lowest BCUT2D eigenvalue weighted by molar-refractivity contribution is 0.0947. The van der Waals surface area contributed by atoms with Gasteiger partial charge in [0.1, 0.15) is 0 Å². The molecule has 2 aromatic heterocycles. The Morgan fingerprint density at radius 3 is 2.50 bits per heavy atom. The number of hydrazone groups is 1. The molecule has 0 spiro atoms. The van der Waals surface area contributed by atoms with Gasteiger partial charge in [0, 0.05) is 17.2 Å². The third-order valence-corrected chi connectivity index (χ3v) is 4.87. The minimum Gasteiger partial charge on any atom is -0.505 e. The molecule has 32 heavy (non-hydrogen) atoms. The number of aromatic nitrogens is 2. The first kappa shape index (κ1) is 20.7. The normalized spacial score (nSPS) is 11.4. The number of aromatic hydroxyl groups is 1. The fourth-order valence-corrected chi connectivity index (χ4v) is 3.35. The van der Waals surface area contributed by atoms with Gasteiger partial charge in [-0.15, -0.1) is 0 Å². The second-order valence-electron chi connectivity index (χ2n) is 7.05. The number of allylic oxidation sites excluding steroid dienone is 1. The number of carbonyl (C=O) groups excluding carboxylic acids is 1. The predicted molar refractivity (Wildman–Crippen MR) is 126 cm³/mol. The molecule has 0 aliphatic heterocycles. The zero-order valence-electron chi connectivity index (χ0n) is 17.2. The Hall–Kier alpha value is -4.52. The number of pyridine rings is 2. The summed E-state index contributed by atoms with van der Waals surface area (Å²) in [7, 11) is 0. The van der Waals surface area contributed by atoms with E-state index in [9.17, 15) is 14.7 Å². The topological polar surface area (TPSA) is 107 Å². The first-order valence-corrected chi connectivity index (χ1v) is 9.91. The molecule has 7 heteroatoms. The number of nitrogens with zero attached hydrogens (tertiary/aromatic N) is 2. The van der Waals surface area contributed by atoms with Gasteiger partial charge in [-0.25, -0.2) is 5.43 Å². The molecule has 2 aromatic carbocycles. The lowest BCUT2D eigenvalue weighted by Gasteiger charge is -2.10. The zero-order chi connectivity index (χ0) is 22.5. The first-order chi connectivity index (χ1) is 15.5. The Bertz CT molecular complexity index is 1390. The lowest BCUT2D eigenvalue weighted by atomic mass is 10.0. The van der Waals surface area contributed by atoms with E-state index in [0.717, 1.165) is 11.1 Å². The van der Waals surface area contributed by atoms with Crippen LogP contribution in [0.2, 0.25) is 0 Å². The van der Waals surface area contributed by atoms with E-state index in [0.29, 0.717) is 11.4 Å². The number of nitrogens with one attached hydrogen (secondary N) is 2. The Labute approximate surface area is 183 Å². The van der Waals surface area contributed by atoms with Crippen molar-refractivity contribution < 1.29 is 9.90 Å². The summed E-state index contributed by atoms with van der Waals surface area (Å²) in [6, 6.07) is 20.6. The number of H-pyrrole nitrogens is 1. The highest BCUT2D eigenvalue weighted by molar-refractivity contribution is 6.02. The Kier molecular flexibility index (Phi) is 5.89. The van der Waals surface area contributed by atoms with Crippen LogP contribution < -0.4 is 11.0 Å². The molecule has 4 rings (SSSR count). The first-order valence-electron chi connectivity index (χ1n) is 9.91. The molecule has 0 fully saturated rings. The summed E-state index contributed by atoms with van der Waals surface area (Å²) in [5, 5.41) is 15.1. The number of hydrogen-bond acceptors (Lipinski definition) is 5. The highest BCUT2D eigenvalue weighted by Gasteiger charge is 2.19. The molecule has 0 atom stereocenters. The smallest absolute Gasteiger partial charge is 0.291 e. The number of benzene rings is 2. The lowest BCUT2D eigenvalue weighted by Crippen LogP contribution is -2.23. The molecule has 2 heterocycles. The van der Waals surface area contributed by atoms with Crippen LogP contribution in [0.15, 0.2) is 82.7 Å². The van der Waals surface area contributed by atoms with Crippen LogP contribution in [0.25, 0.3) is 28.1 Å². The van der Waals surface area contributed by atoms with Crippen LogP contribution in [0, 0.1) is 6.92 Å². The van der Waals surface area contributed by atoms with E-state index in [1.165, 1.54) is 6.21 Å². The van der Waals surface area contributed by atoms with E-state index in [1.807, 2.05) is 66.7 Å². The van der Waals surface area contributed by atoms with Gasteiger partial charge in [-0.2, -0.15) is 5.10 Å². The maximum absolute atomic E-state index is 12.6. The molecule has 0 saturated heterocycles. The van der Waals surface area contributed by atoms with Crippen molar-refractivity contribution in [2.24, 2.45) is 5.10 Å². The van der Waals surface area contributed by atoms with E-state index in [2.05, 4.69) is 20.5 Å². The monoisotopic (exact) mass is 424 g/mol. The quantitative estimate of drug-likeness (QED) is 0.332. The molecule has 0 aliphatic carbocycles. The minimum absolute atomic E-state index is 0.230. The molecular weight excluding hydrogens is 404 g/mol. The maximum atomic E-state index is 12.6. The van der Waals surface area contributed by atoms with Crippen LogP contribution in [0.4, 0.5) is 0 Å². The van der Waals surface area contributed by atoms with Gasteiger partial charge in [0.25, 0.3) is 11.5 Å². The van der Waals surface area contributed by atoms with Crippen molar-refractivity contribution in [3.63, 3.8) is 0 Å². The molecule has 158 valence electrons.